The zero-order valence-electron chi connectivity index (χ0n) is 4.22. The molecule has 0 N–H and O–H groups in total. The Morgan fingerprint density at radius 2 is 2.86 bits per heavy atom. The Labute approximate surface area is 42.5 Å². The van der Waals surface area contributed by atoms with Crippen LogP contribution in [0.1, 0.15) is 6.92 Å². The summed E-state index contributed by atoms with van der Waals surface area (Å²) in [7, 11) is 0. The maximum Gasteiger partial charge on any atom is 0.124 e. The normalized spacial score (nSPS) is 27.3. The maximum atomic E-state index is 4.66. The first kappa shape index (κ1) is 4.41. The summed E-state index contributed by atoms with van der Waals surface area (Å²) in [5.41, 5.74) is 0. The first-order valence-electron chi connectivity index (χ1n) is 2.30. The summed E-state index contributed by atoms with van der Waals surface area (Å²) in [6.45, 7) is 2.76. The Bertz CT molecular complexity index is 113. The van der Waals surface area contributed by atoms with Gasteiger partial charge in [-0.3, -0.25) is 0 Å². The Morgan fingerprint density at radius 1 is 2.00 bits per heavy atom. The largest absolute Gasteiger partial charge is 0.388 e. The van der Waals surface area contributed by atoms with Gasteiger partial charge in [-0.05, 0) is 11.2 Å². The standard InChI is InChI=1S/C5H7NO/c1-5-2-3-6-7-4-5/h2,5H,4H2,1H3/t5-/m0/s1. The minimum atomic E-state index is 0.484. The summed E-state index contributed by atoms with van der Waals surface area (Å²) in [5.74, 6) is 3.10. The highest BCUT2D eigenvalue weighted by atomic mass is 16.6. The number of hydrogen-bond acceptors (Lipinski definition) is 2. The highest BCUT2D eigenvalue weighted by Gasteiger charge is 1.97. The van der Waals surface area contributed by atoms with Gasteiger partial charge in [0.05, 0.1) is 0 Å². The predicted molar refractivity (Wildman–Crippen MR) is 27.1 cm³/mol. The molecule has 0 amide bonds. The van der Waals surface area contributed by atoms with Crippen LogP contribution in [-0.2, 0) is 4.84 Å². The molecule has 0 unspecified atom stereocenters. The number of hydrogen-bond donors (Lipinski definition) is 0. The summed E-state index contributed by atoms with van der Waals surface area (Å²) in [4.78, 5) is 4.66. The molecule has 38 valence electrons. The van der Waals surface area contributed by atoms with Crippen LogP contribution in [0.4, 0.5) is 0 Å². The average Bonchev–Trinajstić information content (AvgIpc) is 1.69. The molecule has 2 nitrogen and oxygen atoms in total. The molecule has 1 atom stereocenters. The van der Waals surface area contributed by atoms with Crippen LogP contribution in [-0.4, -0.2) is 12.5 Å². The van der Waals surface area contributed by atoms with E-state index in [4.69, 9.17) is 0 Å². The van der Waals surface area contributed by atoms with Gasteiger partial charge in [-0.2, -0.15) is 0 Å². The van der Waals surface area contributed by atoms with Crippen molar-refractivity contribution in [2.24, 2.45) is 11.1 Å². The van der Waals surface area contributed by atoms with Crippen LogP contribution in [0.5, 0.6) is 0 Å². The fourth-order valence-corrected chi connectivity index (χ4v) is 0.398. The summed E-state index contributed by atoms with van der Waals surface area (Å²) in [6, 6.07) is 0. The van der Waals surface area contributed by atoms with E-state index < -0.39 is 0 Å². The van der Waals surface area contributed by atoms with Crippen LogP contribution in [0.2, 0.25) is 0 Å². The highest BCUT2D eigenvalue weighted by molar-refractivity contribution is 5.51. The summed E-state index contributed by atoms with van der Waals surface area (Å²) in [6.07, 6.45) is 1.89. The summed E-state index contributed by atoms with van der Waals surface area (Å²) in [5, 5.41) is 3.42. The second-order valence-corrected chi connectivity index (χ2v) is 1.66. The van der Waals surface area contributed by atoms with Crippen molar-refractivity contribution in [3.63, 3.8) is 0 Å². The van der Waals surface area contributed by atoms with Crippen molar-refractivity contribution in [1.82, 2.24) is 0 Å². The van der Waals surface area contributed by atoms with Crippen LogP contribution >= 0.6 is 0 Å². The second-order valence-electron chi connectivity index (χ2n) is 1.66. The predicted octanol–water partition coefficient (Wildman–Crippen LogP) is 0.794. The summed E-state index contributed by atoms with van der Waals surface area (Å²) >= 11 is 0. The van der Waals surface area contributed by atoms with E-state index >= 15 is 0 Å². The first-order valence-corrected chi connectivity index (χ1v) is 2.30. The lowest BCUT2D eigenvalue weighted by Gasteiger charge is -2.03. The minimum absolute atomic E-state index is 0.484. The highest BCUT2D eigenvalue weighted by Crippen LogP contribution is 1.98. The molecule has 0 aromatic heterocycles. The third-order valence-corrected chi connectivity index (χ3v) is 0.814. The van der Waals surface area contributed by atoms with Crippen LogP contribution in [0, 0.1) is 5.92 Å². The van der Waals surface area contributed by atoms with Gasteiger partial charge in [-0.25, -0.2) is 0 Å². The van der Waals surface area contributed by atoms with Gasteiger partial charge in [-0.1, -0.05) is 6.92 Å². The lowest BCUT2D eigenvalue weighted by atomic mass is 10.2. The second kappa shape index (κ2) is 1.80. The van der Waals surface area contributed by atoms with E-state index in [0.29, 0.717) is 12.5 Å². The van der Waals surface area contributed by atoms with Crippen molar-refractivity contribution in [2.45, 2.75) is 6.92 Å². The van der Waals surface area contributed by atoms with Gasteiger partial charge < -0.3 is 4.84 Å². The maximum absolute atomic E-state index is 4.66. The van der Waals surface area contributed by atoms with Gasteiger partial charge >= 0.3 is 0 Å². The topological polar surface area (TPSA) is 21.6 Å². The third kappa shape index (κ3) is 1.05. The minimum Gasteiger partial charge on any atom is -0.388 e. The van der Waals surface area contributed by atoms with E-state index in [1.165, 1.54) is 0 Å². The van der Waals surface area contributed by atoms with Crippen LogP contribution in [0.15, 0.2) is 11.2 Å². The van der Waals surface area contributed by atoms with Crippen molar-refractivity contribution in [3.8, 4) is 0 Å². The summed E-state index contributed by atoms with van der Waals surface area (Å²) < 4.78 is 0. The molecule has 1 rings (SSSR count). The SMILES string of the molecule is C[C@H]1C=C=NOC1. The monoisotopic (exact) mass is 97.1 g/mol. The van der Waals surface area contributed by atoms with E-state index in [1.807, 2.05) is 6.08 Å². The fraction of sp³-hybridized carbons (Fsp3) is 0.600. The Morgan fingerprint density at radius 3 is 3.14 bits per heavy atom. The molecular formula is C5H7NO. The van der Waals surface area contributed by atoms with Crippen molar-refractivity contribution < 1.29 is 4.84 Å². The van der Waals surface area contributed by atoms with Gasteiger partial charge in [0, 0.05) is 11.8 Å². The molecule has 0 aliphatic carbocycles. The zero-order chi connectivity index (χ0) is 5.11. The van der Waals surface area contributed by atoms with Gasteiger partial charge in [0.2, 0.25) is 0 Å². The van der Waals surface area contributed by atoms with Gasteiger partial charge in [-0.15, -0.1) is 0 Å². The molecule has 0 saturated heterocycles. The lowest BCUT2D eigenvalue weighted by Crippen LogP contribution is -2.02. The Kier molecular flexibility index (Phi) is 1.14. The van der Waals surface area contributed by atoms with Gasteiger partial charge in [0.1, 0.15) is 6.61 Å². The Hall–Kier alpha value is -0.750. The van der Waals surface area contributed by atoms with E-state index in [1.54, 1.807) is 0 Å². The van der Waals surface area contributed by atoms with Crippen LogP contribution in [0.25, 0.3) is 0 Å². The average molecular weight is 97.1 g/mol. The van der Waals surface area contributed by atoms with Crippen LogP contribution < -0.4 is 0 Å². The molecule has 0 aromatic rings. The molecule has 0 bridgehead atoms. The smallest absolute Gasteiger partial charge is 0.124 e. The third-order valence-electron chi connectivity index (χ3n) is 0.814. The zero-order valence-corrected chi connectivity index (χ0v) is 4.22. The van der Waals surface area contributed by atoms with Gasteiger partial charge in [0.25, 0.3) is 0 Å². The molecule has 2 heteroatoms. The van der Waals surface area contributed by atoms with Crippen molar-refractivity contribution in [3.05, 3.63) is 6.08 Å². The number of nitrogens with zero attached hydrogens (tertiary/aromatic N) is 1. The quantitative estimate of drug-likeness (QED) is 0.438. The van der Waals surface area contributed by atoms with E-state index in [-0.39, 0.29) is 0 Å². The molecule has 7 heavy (non-hydrogen) atoms. The van der Waals surface area contributed by atoms with E-state index in [9.17, 15) is 0 Å². The Balaban J connectivity index is 2.57. The molecule has 0 radical (unpaired) electrons. The fourth-order valence-electron chi connectivity index (χ4n) is 0.398. The molecule has 0 spiro atoms. The molecule has 1 aliphatic heterocycles. The molecule has 1 aliphatic rings. The van der Waals surface area contributed by atoms with Crippen molar-refractivity contribution in [2.75, 3.05) is 6.61 Å². The van der Waals surface area contributed by atoms with Crippen molar-refractivity contribution in [1.29, 1.82) is 0 Å². The molecule has 0 saturated carbocycles. The first-order chi connectivity index (χ1) is 3.39. The lowest BCUT2D eigenvalue weighted by molar-refractivity contribution is 0.122. The molecular weight excluding hydrogens is 90.1 g/mol. The molecule has 0 aromatic carbocycles. The number of rotatable bonds is 0. The van der Waals surface area contributed by atoms with Crippen molar-refractivity contribution >= 4 is 5.87 Å². The van der Waals surface area contributed by atoms with Gasteiger partial charge in [0.15, 0.2) is 0 Å². The van der Waals surface area contributed by atoms with E-state index in [2.05, 4.69) is 22.8 Å². The van der Waals surface area contributed by atoms with Crippen LogP contribution in [0.3, 0.4) is 0 Å². The van der Waals surface area contributed by atoms with E-state index in [0.717, 1.165) is 0 Å². The molecule has 1 heterocycles. The molecule has 0 fully saturated rings.